The third kappa shape index (κ3) is 6.04. The molecular formula is C21H32N4OS2. The Balaban J connectivity index is 1.57. The fourth-order valence-electron chi connectivity index (χ4n) is 3.59. The number of hydrogen-bond donors (Lipinski definition) is 2. The molecule has 1 fully saturated rings. The maximum atomic E-state index is 5.74. The number of aliphatic imine (C=N–C) groups is 1. The van der Waals surface area contributed by atoms with Gasteiger partial charge in [-0.1, -0.05) is 6.07 Å². The first-order chi connectivity index (χ1) is 13.5. The lowest BCUT2D eigenvalue weighted by Gasteiger charge is -2.37. The van der Waals surface area contributed by atoms with E-state index in [1.54, 1.807) is 0 Å². The summed E-state index contributed by atoms with van der Waals surface area (Å²) in [5.74, 6) is 0.864. The number of thiophene rings is 2. The Labute approximate surface area is 176 Å². The highest BCUT2D eigenvalue weighted by molar-refractivity contribution is 7.11. The van der Waals surface area contributed by atoms with Gasteiger partial charge in [-0.15, -0.1) is 22.7 Å². The minimum atomic E-state index is 0.280. The Kier molecular flexibility index (Phi) is 7.91. The predicted molar refractivity (Wildman–Crippen MR) is 121 cm³/mol. The fourth-order valence-corrected chi connectivity index (χ4v) is 5.47. The van der Waals surface area contributed by atoms with Crippen molar-refractivity contribution >= 4 is 28.6 Å². The summed E-state index contributed by atoms with van der Waals surface area (Å²) in [5, 5.41) is 9.26. The Morgan fingerprint density at radius 1 is 1.39 bits per heavy atom. The maximum Gasteiger partial charge on any atom is 0.191 e. The topological polar surface area (TPSA) is 48.9 Å². The lowest BCUT2D eigenvalue weighted by Crippen LogP contribution is -2.49. The van der Waals surface area contributed by atoms with E-state index in [-0.39, 0.29) is 6.10 Å². The minimum Gasteiger partial charge on any atom is -0.376 e. The van der Waals surface area contributed by atoms with Gasteiger partial charge in [0.1, 0.15) is 0 Å². The van der Waals surface area contributed by atoms with Crippen molar-refractivity contribution in [1.29, 1.82) is 0 Å². The minimum absolute atomic E-state index is 0.280. The van der Waals surface area contributed by atoms with Crippen molar-refractivity contribution in [2.75, 3.05) is 33.3 Å². The van der Waals surface area contributed by atoms with E-state index in [1.807, 2.05) is 29.7 Å². The van der Waals surface area contributed by atoms with Crippen LogP contribution < -0.4 is 10.6 Å². The van der Waals surface area contributed by atoms with E-state index in [4.69, 9.17) is 4.74 Å². The largest absolute Gasteiger partial charge is 0.376 e. The number of morpholine rings is 1. The molecule has 0 saturated carbocycles. The summed E-state index contributed by atoms with van der Waals surface area (Å²) in [6.07, 6.45) is 1.29. The standard InChI is InChI=1S/C21H32N4OS2/c1-15(12-18-8-7-17(3)28-18)24-21(22-4)23-13-19(20-6-5-11-27-20)25-9-10-26-16(2)14-25/h5-8,11,15-16,19H,9-10,12-14H2,1-4H3,(H2,22,23,24). The van der Waals surface area contributed by atoms with Crippen molar-refractivity contribution in [1.82, 2.24) is 15.5 Å². The van der Waals surface area contributed by atoms with Gasteiger partial charge in [-0.2, -0.15) is 0 Å². The van der Waals surface area contributed by atoms with Crippen molar-refractivity contribution < 1.29 is 4.74 Å². The first kappa shape index (κ1) is 21.3. The first-order valence-corrected chi connectivity index (χ1v) is 11.7. The number of guanidine groups is 1. The Morgan fingerprint density at radius 3 is 2.89 bits per heavy atom. The van der Waals surface area contributed by atoms with Crippen molar-refractivity contribution in [2.24, 2.45) is 4.99 Å². The van der Waals surface area contributed by atoms with Crippen LogP contribution in [0.25, 0.3) is 0 Å². The van der Waals surface area contributed by atoms with Crippen molar-refractivity contribution in [2.45, 2.75) is 45.4 Å². The average molecular weight is 421 g/mol. The Hall–Kier alpha value is -1.41. The van der Waals surface area contributed by atoms with Crippen LogP contribution in [0.4, 0.5) is 0 Å². The molecule has 1 saturated heterocycles. The molecule has 2 aromatic heterocycles. The van der Waals surface area contributed by atoms with Crippen LogP contribution in [0.5, 0.6) is 0 Å². The van der Waals surface area contributed by atoms with Crippen LogP contribution in [0.1, 0.15) is 34.5 Å². The molecule has 0 bridgehead atoms. The molecular weight excluding hydrogens is 388 g/mol. The average Bonchev–Trinajstić information content (AvgIpc) is 3.33. The quantitative estimate of drug-likeness (QED) is 0.530. The van der Waals surface area contributed by atoms with Crippen LogP contribution in [0.2, 0.25) is 0 Å². The molecule has 1 aliphatic rings. The van der Waals surface area contributed by atoms with Crippen LogP contribution in [0, 0.1) is 6.92 Å². The van der Waals surface area contributed by atoms with E-state index in [1.165, 1.54) is 14.6 Å². The molecule has 3 unspecified atom stereocenters. The summed E-state index contributed by atoms with van der Waals surface area (Å²) in [6.45, 7) is 10.1. The van der Waals surface area contributed by atoms with E-state index >= 15 is 0 Å². The Bertz CT molecular complexity index is 743. The molecule has 0 amide bonds. The summed E-state index contributed by atoms with van der Waals surface area (Å²) >= 11 is 3.69. The van der Waals surface area contributed by atoms with Gasteiger partial charge in [-0.3, -0.25) is 9.89 Å². The molecule has 2 N–H and O–H groups in total. The molecule has 5 nitrogen and oxygen atoms in total. The second kappa shape index (κ2) is 10.4. The lowest BCUT2D eigenvalue weighted by atomic mass is 10.1. The monoisotopic (exact) mass is 420 g/mol. The highest BCUT2D eigenvalue weighted by Gasteiger charge is 2.26. The van der Waals surface area contributed by atoms with Gasteiger partial charge in [-0.25, -0.2) is 0 Å². The van der Waals surface area contributed by atoms with Gasteiger partial charge < -0.3 is 15.4 Å². The van der Waals surface area contributed by atoms with E-state index in [2.05, 4.69) is 70.9 Å². The fraction of sp³-hybridized carbons (Fsp3) is 0.571. The van der Waals surface area contributed by atoms with E-state index in [9.17, 15) is 0 Å². The predicted octanol–water partition coefficient (Wildman–Crippen LogP) is 3.68. The molecule has 0 aromatic carbocycles. The van der Waals surface area contributed by atoms with Gasteiger partial charge in [0.2, 0.25) is 0 Å². The lowest BCUT2D eigenvalue weighted by molar-refractivity contribution is -0.0334. The molecule has 0 aliphatic carbocycles. The number of nitrogens with one attached hydrogen (secondary N) is 2. The van der Waals surface area contributed by atoms with Gasteiger partial charge in [0.15, 0.2) is 5.96 Å². The van der Waals surface area contributed by atoms with Crippen LogP contribution >= 0.6 is 22.7 Å². The van der Waals surface area contributed by atoms with Crippen molar-refractivity contribution in [3.8, 4) is 0 Å². The molecule has 7 heteroatoms. The molecule has 28 heavy (non-hydrogen) atoms. The van der Waals surface area contributed by atoms with Gasteiger partial charge in [0.05, 0.1) is 18.8 Å². The van der Waals surface area contributed by atoms with Gasteiger partial charge in [0.25, 0.3) is 0 Å². The second-order valence-electron chi connectivity index (χ2n) is 7.42. The van der Waals surface area contributed by atoms with Gasteiger partial charge in [0, 0.05) is 53.8 Å². The van der Waals surface area contributed by atoms with Gasteiger partial charge >= 0.3 is 0 Å². The molecule has 1 aliphatic heterocycles. The SMILES string of the molecule is CN=C(NCC(c1cccs1)N1CCOC(C)C1)NC(C)Cc1ccc(C)s1. The molecule has 3 heterocycles. The van der Waals surface area contributed by atoms with Crippen LogP contribution in [-0.2, 0) is 11.2 Å². The van der Waals surface area contributed by atoms with Crippen LogP contribution in [0.15, 0.2) is 34.6 Å². The van der Waals surface area contributed by atoms with Gasteiger partial charge in [-0.05, 0) is 44.4 Å². The number of rotatable bonds is 7. The zero-order chi connectivity index (χ0) is 19.9. The zero-order valence-electron chi connectivity index (χ0n) is 17.3. The van der Waals surface area contributed by atoms with Crippen LogP contribution in [0.3, 0.4) is 0 Å². The number of hydrogen-bond acceptors (Lipinski definition) is 5. The molecule has 3 atom stereocenters. The third-order valence-electron chi connectivity index (χ3n) is 4.96. The van der Waals surface area contributed by atoms with Crippen molar-refractivity contribution in [3.63, 3.8) is 0 Å². The molecule has 2 aromatic rings. The Morgan fingerprint density at radius 2 is 2.25 bits per heavy atom. The summed E-state index contributed by atoms with van der Waals surface area (Å²) in [4.78, 5) is 11.1. The third-order valence-corrected chi connectivity index (χ3v) is 6.95. The highest BCUT2D eigenvalue weighted by atomic mass is 32.1. The van der Waals surface area contributed by atoms with E-state index in [0.29, 0.717) is 12.1 Å². The summed E-state index contributed by atoms with van der Waals surface area (Å²) in [7, 11) is 1.84. The zero-order valence-corrected chi connectivity index (χ0v) is 18.9. The molecule has 0 spiro atoms. The number of nitrogens with zero attached hydrogens (tertiary/aromatic N) is 2. The second-order valence-corrected chi connectivity index (χ2v) is 9.77. The van der Waals surface area contributed by atoms with E-state index in [0.717, 1.165) is 38.6 Å². The molecule has 3 rings (SSSR count). The number of aryl methyl sites for hydroxylation is 1. The maximum absolute atomic E-state index is 5.74. The smallest absolute Gasteiger partial charge is 0.191 e. The summed E-state index contributed by atoms with van der Waals surface area (Å²) < 4.78 is 5.74. The summed E-state index contributed by atoms with van der Waals surface area (Å²) in [6, 6.07) is 9.44. The molecule has 154 valence electrons. The number of ether oxygens (including phenoxy) is 1. The van der Waals surface area contributed by atoms with E-state index < -0.39 is 0 Å². The molecule has 0 radical (unpaired) electrons. The summed E-state index contributed by atoms with van der Waals surface area (Å²) in [5.41, 5.74) is 0. The normalized spacial score (nSPS) is 20.7. The van der Waals surface area contributed by atoms with Crippen LogP contribution in [-0.4, -0.2) is 56.3 Å². The highest BCUT2D eigenvalue weighted by Crippen LogP contribution is 2.26. The van der Waals surface area contributed by atoms with Crippen molar-refractivity contribution in [3.05, 3.63) is 44.3 Å². The first-order valence-electron chi connectivity index (χ1n) is 9.96.